The fourth-order valence-electron chi connectivity index (χ4n) is 2.96. The van der Waals surface area contributed by atoms with Gasteiger partial charge in [0.15, 0.2) is 18.1 Å². The Bertz CT molecular complexity index is 1240. The molecule has 0 saturated heterocycles. The van der Waals surface area contributed by atoms with Crippen molar-refractivity contribution in [1.29, 1.82) is 0 Å². The zero-order valence-electron chi connectivity index (χ0n) is 17.7. The topological polar surface area (TPSA) is 92.0 Å². The molecule has 0 bridgehead atoms. The van der Waals surface area contributed by atoms with E-state index in [1.807, 2.05) is 13.0 Å². The number of nitrogens with zero attached hydrogens (tertiary/aromatic N) is 3. The van der Waals surface area contributed by atoms with E-state index in [0.717, 1.165) is 4.47 Å². The quantitative estimate of drug-likeness (QED) is 0.325. The molecular formula is C22H21BrClN3O5. The lowest BCUT2D eigenvalue weighted by Gasteiger charge is -2.13. The molecule has 0 spiro atoms. The largest absolute Gasteiger partial charge is 0.493 e. The van der Waals surface area contributed by atoms with E-state index in [-0.39, 0.29) is 29.5 Å². The summed E-state index contributed by atoms with van der Waals surface area (Å²) in [6, 6.07) is 8.56. The van der Waals surface area contributed by atoms with Gasteiger partial charge in [0.05, 0.1) is 35.9 Å². The summed E-state index contributed by atoms with van der Waals surface area (Å²) in [7, 11) is 1.45. The van der Waals surface area contributed by atoms with Gasteiger partial charge in [-0.2, -0.15) is 9.78 Å². The summed E-state index contributed by atoms with van der Waals surface area (Å²) in [6.45, 7) is 3.56. The molecule has 32 heavy (non-hydrogen) atoms. The van der Waals surface area contributed by atoms with Gasteiger partial charge in [-0.25, -0.2) is 9.78 Å². The van der Waals surface area contributed by atoms with Gasteiger partial charge >= 0.3 is 5.97 Å². The van der Waals surface area contributed by atoms with Crippen molar-refractivity contribution in [3.05, 3.63) is 61.6 Å². The highest BCUT2D eigenvalue weighted by atomic mass is 79.9. The lowest BCUT2D eigenvalue weighted by atomic mass is 10.2. The molecule has 1 aromatic heterocycles. The predicted molar refractivity (Wildman–Crippen MR) is 126 cm³/mol. The molecule has 0 N–H and O–H groups in total. The van der Waals surface area contributed by atoms with E-state index in [4.69, 9.17) is 25.8 Å². The van der Waals surface area contributed by atoms with Crippen molar-refractivity contribution in [3.8, 4) is 11.5 Å². The molecule has 0 amide bonds. The summed E-state index contributed by atoms with van der Waals surface area (Å²) in [4.78, 5) is 29.1. The molecule has 0 radical (unpaired) electrons. The van der Waals surface area contributed by atoms with Crippen LogP contribution < -0.4 is 15.0 Å². The van der Waals surface area contributed by atoms with Crippen LogP contribution in [0, 0.1) is 0 Å². The zero-order valence-corrected chi connectivity index (χ0v) is 20.1. The average molecular weight is 523 g/mol. The van der Waals surface area contributed by atoms with Crippen molar-refractivity contribution in [3.63, 3.8) is 0 Å². The number of esters is 1. The fraction of sp³-hybridized carbons (Fsp3) is 0.273. The molecule has 1 heterocycles. The minimum atomic E-state index is -0.516. The number of halogens is 2. The number of carbonyl (C=O) groups excluding carboxylic acids is 1. The SMILES string of the molecule is CCOC(=O)COc1c(Cl)cc(C=Nn2c(CC)nc3ccc(Br)cc3c2=O)cc1OC. The Morgan fingerprint density at radius 2 is 2.06 bits per heavy atom. The molecule has 0 aliphatic heterocycles. The van der Waals surface area contributed by atoms with E-state index in [0.29, 0.717) is 34.5 Å². The Balaban J connectivity index is 1.96. The van der Waals surface area contributed by atoms with Crippen LogP contribution in [0.25, 0.3) is 10.9 Å². The standard InChI is InChI=1S/C22H21BrClN3O5/c1-4-19-26-17-7-6-14(23)10-15(17)22(29)27(19)25-11-13-8-16(24)21(18(9-13)30-3)32-12-20(28)31-5-2/h6-11H,4-5,12H2,1-3H3. The van der Waals surface area contributed by atoms with Gasteiger partial charge in [0, 0.05) is 10.9 Å². The summed E-state index contributed by atoms with van der Waals surface area (Å²) in [6.07, 6.45) is 2.00. The third kappa shape index (κ3) is 5.28. The Hall–Kier alpha value is -2.91. The normalized spacial score (nSPS) is 11.2. The fourth-order valence-corrected chi connectivity index (χ4v) is 3.59. The van der Waals surface area contributed by atoms with E-state index < -0.39 is 5.97 Å². The van der Waals surface area contributed by atoms with Gasteiger partial charge in [-0.15, -0.1) is 0 Å². The monoisotopic (exact) mass is 521 g/mol. The molecule has 0 saturated carbocycles. The van der Waals surface area contributed by atoms with Crippen LogP contribution in [0.5, 0.6) is 11.5 Å². The Kier molecular flexibility index (Phi) is 7.87. The number of fused-ring (bicyclic) bond motifs is 1. The van der Waals surface area contributed by atoms with Crippen molar-refractivity contribution >= 4 is 50.6 Å². The average Bonchev–Trinajstić information content (AvgIpc) is 2.77. The van der Waals surface area contributed by atoms with Crippen molar-refractivity contribution in [2.75, 3.05) is 20.3 Å². The Labute approximate surface area is 197 Å². The van der Waals surface area contributed by atoms with Crippen LogP contribution in [-0.4, -0.2) is 42.2 Å². The molecule has 0 aliphatic rings. The second-order valence-electron chi connectivity index (χ2n) is 6.53. The van der Waals surface area contributed by atoms with Gasteiger partial charge in [-0.1, -0.05) is 34.5 Å². The maximum Gasteiger partial charge on any atom is 0.344 e. The summed E-state index contributed by atoms with van der Waals surface area (Å²) in [5, 5.41) is 5.02. The van der Waals surface area contributed by atoms with Gasteiger partial charge in [-0.05, 0) is 42.8 Å². The third-order valence-electron chi connectivity index (χ3n) is 4.41. The molecule has 0 unspecified atom stereocenters. The van der Waals surface area contributed by atoms with Crippen LogP contribution >= 0.6 is 27.5 Å². The smallest absolute Gasteiger partial charge is 0.344 e. The number of benzene rings is 2. The van der Waals surface area contributed by atoms with Crippen LogP contribution in [0.2, 0.25) is 5.02 Å². The lowest BCUT2D eigenvalue weighted by molar-refractivity contribution is -0.145. The second-order valence-corrected chi connectivity index (χ2v) is 7.86. The number of methoxy groups -OCH3 is 1. The molecule has 0 aliphatic carbocycles. The lowest BCUT2D eigenvalue weighted by Crippen LogP contribution is -2.22. The number of ether oxygens (including phenoxy) is 3. The number of aromatic nitrogens is 2. The summed E-state index contributed by atoms with van der Waals surface area (Å²) < 4.78 is 17.7. The number of carbonyl (C=O) groups is 1. The van der Waals surface area contributed by atoms with Crippen LogP contribution in [0.1, 0.15) is 25.2 Å². The molecule has 3 rings (SSSR count). The van der Waals surface area contributed by atoms with Gasteiger partial charge < -0.3 is 14.2 Å². The van der Waals surface area contributed by atoms with Gasteiger partial charge in [-0.3, -0.25) is 4.79 Å². The summed E-state index contributed by atoms with van der Waals surface area (Å²) >= 11 is 9.72. The minimum Gasteiger partial charge on any atom is -0.493 e. The molecule has 0 fully saturated rings. The van der Waals surface area contributed by atoms with Crippen molar-refractivity contribution in [2.45, 2.75) is 20.3 Å². The van der Waals surface area contributed by atoms with Gasteiger partial charge in [0.25, 0.3) is 5.56 Å². The van der Waals surface area contributed by atoms with Crippen molar-refractivity contribution < 1.29 is 19.0 Å². The first kappa shape index (κ1) is 23.7. The highest BCUT2D eigenvalue weighted by Crippen LogP contribution is 2.36. The predicted octanol–water partition coefficient (Wildman–Crippen LogP) is 4.21. The van der Waals surface area contributed by atoms with E-state index in [2.05, 4.69) is 26.0 Å². The molecular weight excluding hydrogens is 502 g/mol. The minimum absolute atomic E-state index is 0.211. The first-order chi connectivity index (χ1) is 15.4. The van der Waals surface area contributed by atoms with E-state index in [1.165, 1.54) is 18.0 Å². The van der Waals surface area contributed by atoms with E-state index >= 15 is 0 Å². The second kappa shape index (κ2) is 10.6. The van der Waals surface area contributed by atoms with Crippen LogP contribution in [-0.2, 0) is 16.0 Å². The summed E-state index contributed by atoms with van der Waals surface area (Å²) in [5.74, 6) is 0.529. The molecule has 8 nitrogen and oxygen atoms in total. The van der Waals surface area contributed by atoms with Crippen LogP contribution in [0.3, 0.4) is 0 Å². The molecule has 2 aromatic carbocycles. The van der Waals surface area contributed by atoms with Gasteiger partial charge in [0.2, 0.25) is 0 Å². The molecule has 3 aromatic rings. The first-order valence-corrected chi connectivity index (χ1v) is 11.0. The van der Waals surface area contributed by atoms with E-state index in [1.54, 1.807) is 31.2 Å². The van der Waals surface area contributed by atoms with Crippen LogP contribution in [0.4, 0.5) is 0 Å². The Morgan fingerprint density at radius 1 is 1.28 bits per heavy atom. The third-order valence-corrected chi connectivity index (χ3v) is 5.18. The van der Waals surface area contributed by atoms with Gasteiger partial charge in [0.1, 0.15) is 5.82 Å². The number of rotatable bonds is 8. The van der Waals surface area contributed by atoms with Crippen molar-refractivity contribution in [1.82, 2.24) is 9.66 Å². The molecule has 168 valence electrons. The van der Waals surface area contributed by atoms with Crippen LogP contribution in [0.15, 0.2) is 44.7 Å². The maximum absolute atomic E-state index is 13.0. The molecule has 0 atom stereocenters. The van der Waals surface area contributed by atoms with Crippen molar-refractivity contribution in [2.24, 2.45) is 5.10 Å². The first-order valence-electron chi connectivity index (χ1n) is 9.79. The highest BCUT2D eigenvalue weighted by molar-refractivity contribution is 9.10. The maximum atomic E-state index is 13.0. The zero-order chi connectivity index (χ0) is 23.3. The number of hydrogen-bond donors (Lipinski definition) is 0. The van der Waals surface area contributed by atoms with E-state index in [9.17, 15) is 9.59 Å². The highest BCUT2D eigenvalue weighted by Gasteiger charge is 2.14. The number of aryl methyl sites for hydroxylation is 1. The summed E-state index contributed by atoms with van der Waals surface area (Å²) in [5.41, 5.74) is 0.893. The number of hydrogen-bond acceptors (Lipinski definition) is 7. The Morgan fingerprint density at radius 3 is 2.75 bits per heavy atom. The molecule has 10 heteroatoms.